The van der Waals surface area contributed by atoms with Gasteiger partial charge < -0.3 is 16.4 Å². The van der Waals surface area contributed by atoms with Crippen LogP contribution in [0, 0.1) is 5.92 Å². The average Bonchev–Trinajstić information content (AvgIpc) is 2.78. The zero-order valence-corrected chi connectivity index (χ0v) is 8.56. The highest BCUT2D eigenvalue weighted by molar-refractivity contribution is 5.95. The normalized spacial score (nSPS) is 33.9. The maximum absolute atomic E-state index is 5.87. The second-order valence-electron chi connectivity index (χ2n) is 4.43. The quantitative estimate of drug-likeness (QED) is 0.591. The molecule has 2 aliphatic carbocycles. The smallest absolute Gasteiger partial charge is 0.220 e. The Bertz CT molecular complexity index is 381. The van der Waals surface area contributed by atoms with Crippen LogP contribution in [0.15, 0.2) is 21.6 Å². The van der Waals surface area contributed by atoms with Crippen molar-refractivity contribution in [2.24, 2.45) is 27.4 Å². The highest BCUT2D eigenvalue weighted by Gasteiger charge is 2.37. The summed E-state index contributed by atoms with van der Waals surface area (Å²) >= 11 is 0. The van der Waals surface area contributed by atoms with Gasteiger partial charge in [0.2, 0.25) is 11.9 Å². The molecule has 5 heteroatoms. The Morgan fingerprint density at radius 2 is 2.27 bits per heavy atom. The molecule has 0 spiro atoms. The predicted octanol–water partition coefficient (Wildman–Crippen LogP) is -0.00240. The summed E-state index contributed by atoms with van der Waals surface area (Å²) in [6, 6.07) is 0.421. The average molecular weight is 205 g/mol. The van der Waals surface area contributed by atoms with E-state index in [-0.39, 0.29) is 0 Å². The van der Waals surface area contributed by atoms with Crippen LogP contribution in [0.3, 0.4) is 0 Å². The van der Waals surface area contributed by atoms with E-state index in [1.807, 2.05) is 0 Å². The Kier molecular flexibility index (Phi) is 1.74. The molecule has 5 nitrogen and oxygen atoms in total. The highest BCUT2D eigenvalue weighted by atomic mass is 15.4. The molecule has 0 aromatic carbocycles. The summed E-state index contributed by atoms with van der Waals surface area (Å²) in [5.74, 6) is 1.63. The van der Waals surface area contributed by atoms with Crippen LogP contribution in [0.1, 0.15) is 19.3 Å². The molecule has 4 N–H and O–H groups in total. The van der Waals surface area contributed by atoms with Crippen LogP contribution in [-0.4, -0.2) is 29.5 Å². The van der Waals surface area contributed by atoms with Gasteiger partial charge in [-0.1, -0.05) is 11.6 Å². The van der Waals surface area contributed by atoms with Crippen molar-refractivity contribution < 1.29 is 0 Å². The van der Waals surface area contributed by atoms with E-state index in [0.717, 1.165) is 5.92 Å². The van der Waals surface area contributed by atoms with Crippen LogP contribution in [-0.2, 0) is 0 Å². The molecular weight excluding hydrogens is 190 g/mol. The number of aliphatic imine (C=N–C) groups is 2. The zero-order valence-electron chi connectivity index (χ0n) is 8.56. The van der Waals surface area contributed by atoms with Crippen molar-refractivity contribution in [2.45, 2.75) is 25.3 Å². The fourth-order valence-corrected chi connectivity index (χ4v) is 2.76. The fraction of sp³-hybridized carbons (Fsp3) is 0.600. The van der Waals surface area contributed by atoms with Crippen molar-refractivity contribution in [1.82, 2.24) is 4.90 Å². The molecule has 0 aromatic rings. The molecular formula is C10H15N5. The summed E-state index contributed by atoms with van der Waals surface area (Å²) in [5.41, 5.74) is 12.9. The van der Waals surface area contributed by atoms with E-state index in [2.05, 4.69) is 21.0 Å². The van der Waals surface area contributed by atoms with Crippen molar-refractivity contribution >= 4 is 11.9 Å². The first-order valence-electron chi connectivity index (χ1n) is 5.33. The molecule has 3 rings (SSSR count). The first-order valence-corrected chi connectivity index (χ1v) is 5.33. The number of guanidine groups is 2. The lowest BCUT2D eigenvalue weighted by molar-refractivity contribution is 0.327. The van der Waals surface area contributed by atoms with Gasteiger partial charge in [0.1, 0.15) is 6.67 Å². The lowest BCUT2D eigenvalue weighted by Crippen LogP contribution is -2.48. The van der Waals surface area contributed by atoms with Crippen LogP contribution >= 0.6 is 0 Å². The number of allylic oxidation sites excluding steroid dienone is 1. The third-order valence-electron chi connectivity index (χ3n) is 3.51. The number of nitrogens with two attached hydrogens (primary N) is 2. The van der Waals surface area contributed by atoms with Crippen molar-refractivity contribution in [3.05, 3.63) is 11.6 Å². The van der Waals surface area contributed by atoms with E-state index in [0.29, 0.717) is 24.6 Å². The Morgan fingerprint density at radius 1 is 1.40 bits per heavy atom. The summed E-state index contributed by atoms with van der Waals surface area (Å²) in [6.07, 6.45) is 6.00. The molecule has 2 unspecified atom stereocenters. The Balaban J connectivity index is 1.82. The molecule has 80 valence electrons. The highest BCUT2D eigenvalue weighted by Crippen LogP contribution is 2.42. The molecule has 1 fully saturated rings. The Hall–Kier alpha value is -1.52. The van der Waals surface area contributed by atoms with E-state index in [1.165, 1.54) is 24.8 Å². The van der Waals surface area contributed by atoms with E-state index in [1.54, 1.807) is 0 Å². The van der Waals surface area contributed by atoms with E-state index in [4.69, 9.17) is 11.5 Å². The van der Waals surface area contributed by atoms with Crippen LogP contribution in [0.25, 0.3) is 0 Å². The van der Waals surface area contributed by atoms with Crippen LogP contribution < -0.4 is 11.5 Å². The maximum atomic E-state index is 5.87. The number of hydrogen-bond acceptors (Lipinski definition) is 5. The van der Waals surface area contributed by atoms with Crippen LogP contribution in [0.5, 0.6) is 0 Å². The second-order valence-corrected chi connectivity index (χ2v) is 4.43. The molecule has 0 radical (unpaired) electrons. The molecule has 2 bridgehead atoms. The van der Waals surface area contributed by atoms with Gasteiger partial charge in [-0.25, -0.2) is 4.99 Å². The fourth-order valence-electron chi connectivity index (χ4n) is 2.76. The summed E-state index contributed by atoms with van der Waals surface area (Å²) in [7, 11) is 0. The number of hydrogen-bond donors (Lipinski definition) is 2. The first-order chi connectivity index (χ1) is 7.24. The molecule has 15 heavy (non-hydrogen) atoms. The molecule has 1 saturated carbocycles. The zero-order chi connectivity index (χ0) is 10.4. The summed E-state index contributed by atoms with van der Waals surface area (Å²) < 4.78 is 0. The van der Waals surface area contributed by atoms with Gasteiger partial charge in [0.25, 0.3) is 0 Å². The van der Waals surface area contributed by atoms with Gasteiger partial charge >= 0.3 is 0 Å². The van der Waals surface area contributed by atoms with E-state index < -0.39 is 0 Å². The van der Waals surface area contributed by atoms with Gasteiger partial charge in [0.15, 0.2) is 0 Å². The number of rotatable bonds is 1. The first kappa shape index (κ1) is 8.76. The van der Waals surface area contributed by atoms with Gasteiger partial charge in [0.05, 0.1) is 6.04 Å². The van der Waals surface area contributed by atoms with Gasteiger partial charge in [0, 0.05) is 0 Å². The molecule has 0 aromatic heterocycles. The summed E-state index contributed by atoms with van der Waals surface area (Å²) in [6.45, 7) is 0.551. The lowest BCUT2D eigenvalue weighted by atomic mass is 10.0. The number of fused-ring (bicyclic) bond motifs is 2. The second kappa shape index (κ2) is 2.98. The third-order valence-corrected chi connectivity index (χ3v) is 3.51. The SMILES string of the molecule is NC1=NCN(C2CC3CC=C2C3)C(N)=N1. The Labute approximate surface area is 88.5 Å². The minimum atomic E-state index is 0.292. The molecule has 1 heterocycles. The third kappa shape index (κ3) is 1.30. The largest absolute Gasteiger partial charge is 0.369 e. The maximum Gasteiger partial charge on any atom is 0.220 e. The predicted molar refractivity (Wildman–Crippen MR) is 59.2 cm³/mol. The minimum absolute atomic E-state index is 0.292. The van der Waals surface area contributed by atoms with Crippen molar-refractivity contribution in [3.63, 3.8) is 0 Å². The molecule has 1 aliphatic heterocycles. The standard InChI is InChI=1S/C10H15N5/c11-9-13-5-15(10(12)14-9)8-4-6-1-2-7(8)3-6/h2,6,8H,1,3-5H2,(H4,11,12,13,14). The van der Waals surface area contributed by atoms with E-state index in [9.17, 15) is 0 Å². The van der Waals surface area contributed by atoms with Crippen molar-refractivity contribution in [1.29, 1.82) is 0 Å². The van der Waals surface area contributed by atoms with Gasteiger partial charge in [-0.15, -0.1) is 0 Å². The van der Waals surface area contributed by atoms with Gasteiger partial charge in [-0.3, -0.25) is 0 Å². The lowest BCUT2D eigenvalue weighted by Gasteiger charge is -2.32. The van der Waals surface area contributed by atoms with Crippen LogP contribution in [0.4, 0.5) is 0 Å². The van der Waals surface area contributed by atoms with Crippen LogP contribution in [0.2, 0.25) is 0 Å². The van der Waals surface area contributed by atoms with Crippen molar-refractivity contribution in [3.8, 4) is 0 Å². The van der Waals surface area contributed by atoms with E-state index >= 15 is 0 Å². The van der Waals surface area contributed by atoms with Gasteiger partial charge in [-0.05, 0) is 25.2 Å². The summed E-state index contributed by atoms with van der Waals surface area (Å²) in [4.78, 5) is 10.2. The number of nitrogens with zero attached hydrogens (tertiary/aromatic N) is 3. The summed E-state index contributed by atoms with van der Waals surface area (Å²) in [5, 5.41) is 0. The Morgan fingerprint density at radius 3 is 2.87 bits per heavy atom. The molecule has 0 amide bonds. The molecule has 0 saturated heterocycles. The van der Waals surface area contributed by atoms with Gasteiger partial charge in [-0.2, -0.15) is 4.99 Å². The molecule has 3 aliphatic rings. The minimum Gasteiger partial charge on any atom is -0.369 e. The molecule has 2 atom stereocenters. The monoisotopic (exact) mass is 205 g/mol. The van der Waals surface area contributed by atoms with Crippen molar-refractivity contribution in [2.75, 3.05) is 6.67 Å². The topological polar surface area (TPSA) is 80.0 Å².